The zero-order valence-corrected chi connectivity index (χ0v) is 14.5. The van der Waals surface area contributed by atoms with Gasteiger partial charge in [0.05, 0.1) is 0 Å². The molecule has 10 heteroatoms. The molecule has 2 fully saturated rings. The number of anilines is 1. The quantitative estimate of drug-likeness (QED) is 0.852. The summed E-state index contributed by atoms with van der Waals surface area (Å²) in [6, 6.07) is 2.68. The summed E-state index contributed by atoms with van der Waals surface area (Å²) in [5.74, 6) is 0.532. The van der Waals surface area contributed by atoms with Gasteiger partial charge in [-0.15, -0.1) is 0 Å². The van der Waals surface area contributed by atoms with Crippen LogP contribution in [0.5, 0.6) is 0 Å². The number of carbonyl (C=O) groups is 1. The lowest BCUT2D eigenvalue weighted by Crippen LogP contribution is -2.42. The van der Waals surface area contributed by atoms with Gasteiger partial charge in [-0.3, -0.25) is 9.89 Å². The normalized spacial score (nSPS) is 18.6. The molecule has 1 amide bonds. The molecule has 1 saturated carbocycles. The van der Waals surface area contributed by atoms with E-state index < -0.39 is 11.9 Å². The monoisotopic (exact) mass is 380 g/mol. The van der Waals surface area contributed by atoms with E-state index in [1.807, 2.05) is 6.07 Å². The molecule has 7 nitrogen and oxygen atoms in total. The number of rotatable bonds is 4. The first-order valence-corrected chi connectivity index (χ1v) is 8.90. The lowest BCUT2D eigenvalue weighted by molar-refractivity contribution is -0.141. The Morgan fingerprint density at radius 1 is 1.15 bits per heavy atom. The predicted octanol–water partition coefficient (Wildman–Crippen LogP) is 2.81. The lowest BCUT2D eigenvalue weighted by Gasteiger charge is -2.32. The zero-order chi connectivity index (χ0) is 19.0. The Labute approximate surface area is 153 Å². The van der Waals surface area contributed by atoms with Gasteiger partial charge in [-0.1, -0.05) is 0 Å². The molecular formula is C17H19F3N6O. The van der Waals surface area contributed by atoms with E-state index in [0.717, 1.165) is 30.9 Å². The van der Waals surface area contributed by atoms with E-state index in [1.165, 1.54) is 0 Å². The van der Waals surface area contributed by atoms with Crippen molar-refractivity contribution >= 4 is 11.7 Å². The van der Waals surface area contributed by atoms with Crippen LogP contribution in [-0.2, 0) is 6.18 Å². The van der Waals surface area contributed by atoms with Crippen molar-refractivity contribution in [2.45, 2.75) is 43.8 Å². The number of amides is 1. The fourth-order valence-electron chi connectivity index (χ4n) is 3.24. The summed E-state index contributed by atoms with van der Waals surface area (Å²) in [6.07, 6.45) is -0.0944. The second-order valence-corrected chi connectivity index (χ2v) is 6.98. The third kappa shape index (κ3) is 4.04. The minimum absolute atomic E-state index is 0.0498. The van der Waals surface area contributed by atoms with Gasteiger partial charge in [0.1, 0.15) is 23.5 Å². The van der Waals surface area contributed by atoms with E-state index in [0.29, 0.717) is 37.5 Å². The summed E-state index contributed by atoms with van der Waals surface area (Å²) >= 11 is 0. The van der Waals surface area contributed by atoms with Crippen LogP contribution < -0.4 is 5.32 Å². The number of aromatic amines is 1. The fourth-order valence-corrected chi connectivity index (χ4v) is 3.24. The Kier molecular flexibility index (Phi) is 4.48. The largest absolute Gasteiger partial charge is 0.433 e. The van der Waals surface area contributed by atoms with Gasteiger partial charge in [-0.2, -0.15) is 18.3 Å². The topological polar surface area (TPSA) is 86.8 Å². The van der Waals surface area contributed by atoms with Gasteiger partial charge in [0.15, 0.2) is 0 Å². The highest BCUT2D eigenvalue weighted by atomic mass is 19.4. The van der Waals surface area contributed by atoms with Crippen molar-refractivity contribution in [1.29, 1.82) is 0 Å². The minimum atomic E-state index is -4.50. The van der Waals surface area contributed by atoms with E-state index in [9.17, 15) is 18.0 Å². The molecule has 0 unspecified atom stereocenters. The number of hydrogen-bond acceptors (Lipinski definition) is 5. The summed E-state index contributed by atoms with van der Waals surface area (Å²) in [7, 11) is 0. The number of piperidine rings is 1. The maximum absolute atomic E-state index is 12.7. The molecule has 2 aliphatic rings. The molecule has 1 aliphatic carbocycles. The van der Waals surface area contributed by atoms with Crippen molar-refractivity contribution in [2.75, 3.05) is 18.4 Å². The van der Waals surface area contributed by atoms with Crippen LogP contribution in [0.4, 0.5) is 19.0 Å². The lowest BCUT2D eigenvalue weighted by atomic mass is 10.0. The molecule has 144 valence electrons. The molecule has 0 bridgehead atoms. The van der Waals surface area contributed by atoms with Crippen molar-refractivity contribution in [3.05, 3.63) is 35.5 Å². The molecule has 2 aromatic heterocycles. The molecule has 0 aromatic carbocycles. The highest BCUT2D eigenvalue weighted by Gasteiger charge is 2.33. The van der Waals surface area contributed by atoms with Gasteiger partial charge >= 0.3 is 6.18 Å². The van der Waals surface area contributed by atoms with Crippen molar-refractivity contribution in [3.63, 3.8) is 0 Å². The Morgan fingerprint density at radius 2 is 1.89 bits per heavy atom. The second-order valence-electron chi connectivity index (χ2n) is 6.98. The molecule has 1 aliphatic heterocycles. The average Bonchev–Trinajstić information content (AvgIpc) is 3.38. The Morgan fingerprint density at radius 3 is 2.56 bits per heavy atom. The number of halogens is 3. The van der Waals surface area contributed by atoms with E-state index in [-0.39, 0.29) is 17.8 Å². The third-order valence-corrected chi connectivity index (χ3v) is 4.93. The molecule has 0 spiro atoms. The average molecular weight is 380 g/mol. The molecule has 0 atom stereocenters. The highest BCUT2D eigenvalue weighted by molar-refractivity contribution is 5.92. The van der Waals surface area contributed by atoms with Crippen LogP contribution in [0.1, 0.15) is 53.5 Å². The van der Waals surface area contributed by atoms with Crippen LogP contribution in [0.25, 0.3) is 0 Å². The van der Waals surface area contributed by atoms with E-state index in [4.69, 9.17) is 0 Å². The maximum Gasteiger partial charge on any atom is 0.433 e. The number of nitrogens with zero attached hydrogens (tertiary/aromatic N) is 4. The molecule has 2 aromatic rings. The van der Waals surface area contributed by atoms with E-state index in [1.54, 1.807) is 4.90 Å². The predicted molar refractivity (Wildman–Crippen MR) is 90.1 cm³/mol. The molecule has 2 N–H and O–H groups in total. The van der Waals surface area contributed by atoms with Gasteiger partial charge in [0.25, 0.3) is 5.91 Å². The highest BCUT2D eigenvalue weighted by Crippen LogP contribution is 2.39. The first-order valence-electron chi connectivity index (χ1n) is 8.90. The molecule has 1 saturated heterocycles. The smallest absolute Gasteiger partial charge is 0.367 e. The SMILES string of the molecule is O=C(c1cc(C2CC2)[nH]n1)N1CCC(Nc2cc(C(F)(F)F)ncn2)CC1. The minimum Gasteiger partial charge on any atom is -0.367 e. The summed E-state index contributed by atoms with van der Waals surface area (Å²) in [6.45, 7) is 1.03. The molecule has 4 rings (SSSR count). The summed E-state index contributed by atoms with van der Waals surface area (Å²) in [5.41, 5.74) is 0.464. The van der Waals surface area contributed by atoms with Crippen molar-refractivity contribution in [3.8, 4) is 0 Å². The van der Waals surface area contributed by atoms with Gasteiger partial charge < -0.3 is 10.2 Å². The van der Waals surface area contributed by atoms with E-state index >= 15 is 0 Å². The number of H-pyrrole nitrogens is 1. The Bertz CT molecular complexity index is 824. The second kappa shape index (κ2) is 6.82. The van der Waals surface area contributed by atoms with Crippen molar-refractivity contribution < 1.29 is 18.0 Å². The molecule has 27 heavy (non-hydrogen) atoms. The van der Waals surface area contributed by atoms with Crippen LogP contribution in [0.15, 0.2) is 18.5 Å². The van der Waals surface area contributed by atoms with Gasteiger partial charge in [-0.05, 0) is 31.7 Å². The number of alkyl halides is 3. The third-order valence-electron chi connectivity index (χ3n) is 4.93. The number of nitrogens with one attached hydrogen (secondary N) is 2. The van der Waals surface area contributed by atoms with Crippen LogP contribution in [0, 0.1) is 0 Å². The maximum atomic E-state index is 12.7. The molecule has 0 radical (unpaired) electrons. The Hall–Kier alpha value is -2.65. The van der Waals surface area contributed by atoms with Crippen LogP contribution in [0.2, 0.25) is 0 Å². The number of aromatic nitrogens is 4. The zero-order valence-electron chi connectivity index (χ0n) is 14.5. The number of hydrogen-bond donors (Lipinski definition) is 2. The molecular weight excluding hydrogens is 361 g/mol. The summed E-state index contributed by atoms with van der Waals surface area (Å²) in [4.78, 5) is 21.4. The van der Waals surface area contributed by atoms with Crippen LogP contribution >= 0.6 is 0 Å². The standard InChI is InChI=1S/C17H19F3N6O/c18-17(19,20)14-8-15(22-9-21-14)23-11-3-5-26(6-4-11)16(27)13-7-12(24-25-13)10-1-2-10/h7-11H,1-6H2,(H,24,25)(H,21,22,23). The van der Waals surface area contributed by atoms with Crippen LogP contribution in [0.3, 0.4) is 0 Å². The number of carbonyl (C=O) groups excluding carboxylic acids is 1. The first-order chi connectivity index (χ1) is 12.9. The molecule has 3 heterocycles. The van der Waals surface area contributed by atoms with Crippen molar-refractivity contribution in [2.24, 2.45) is 0 Å². The number of likely N-dealkylation sites (tertiary alicyclic amines) is 1. The summed E-state index contributed by atoms with van der Waals surface area (Å²) < 4.78 is 38.2. The van der Waals surface area contributed by atoms with Gasteiger partial charge in [-0.25, -0.2) is 9.97 Å². The first kappa shape index (κ1) is 17.7. The van der Waals surface area contributed by atoms with Crippen molar-refractivity contribution in [1.82, 2.24) is 25.1 Å². The van der Waals surface area contributed by atoms with Crippen LogP contribution in [-0.4, -0.2) is 50.1 Å². The Balaban J connectivity index is 1.32. The summed E-state index contributed by atoms with van der Waals surface area (Å²) in [5, 5.41) is 10.1. The fraction of sp³-hybridized carbons (Fsp3) is 0.529. The van der Waals surface area contributed by atoms with Gasteiger partial charge in [0.2, 0.25) is 0 Å². The van der Waals surface area contributed by atoms with E-state index in [2.05, 4.69) is 25.5 Å². The van der Waals surface area contributed by atoms with Gasteiger partial charge in [0, 0.05) is 36.8 Å².